The van der Waals surface area contributed by atoms with Gasteiger partial charge in [-0.2, -0.15) is 0 Å². The molecule has 0 aromatic heterocycles. The number of rotatable bonds is 5. The third-order valence-corrected chi connectivity index (χ3v) is 3.02. The van der Waals surface area contributed by atoms with Crippen LogP contribution in [0.3, 0.4) is 0 Å². The Bertz CT molecular complexity index is 372. The van der Waals surface area contributed by atoms with Crippen LogP contribution in [0.5, 0.6) is 0 Å². The van der Waals surface area contributed by atoms with E-state index in [9.17, 15) is 0 Å². The Hall–Kier alpha value is -0.960. The second kappa shape index (κ2) is 4.91. The number of aliphatic imine (C=N–C) groups is 1. The summed E-state index contributed by atoms with van der Waals surface area (Å²) in [6.07, 6.45) is 2.58. The summed E-state index contributed by atoms with van der Waals surface area (Å²) in [5, 5.41) is 0. The fraction of sp³-hybridized carbons (Fsp3) is 0.462. The first-order valence-electron chi connectivity index (χ1n) is 5.21. The van der Waals surface area contributed by atoms with Gasteiger partial charge < -0.3 is 4.74 Å². The van der Waals surface area contributed by atoms with E-state index in [2.05, 4.69) is 38.9 Å². The van der Waals surface area contributed by atoms with Gasteiger partial charge in [-0.25, -0.2) is 4.99 Å². The van der Waals surface area contributed by atoms with Crippen molar-refractivity contribution in [2.45, 2.75) is 31.9 Å². The third kappa shape index (κ3) is 3.56. The predicted molar refractivity (Wildman–Crippen MR) is 72.8 cm³/mol. The molecular formula is C13H19NOS. The number of nitrogens with zero attached hydrogens (tertiary/aromatic N) is 1. The van der Waals surface area contributed by atoms with E-state index in [0.29, 0.717) is 5.88 Å². The Kier molecular flexibility index (Phi) is 4.03. The van der Waals surface area contributed by atoms with Crippen molar-refractivity contribution in [2.75, 3.05) is 7.11 Å². The summed E-state index contributed by atoms with van der Waals surface area (Å²) in [7, 11) is 1.62. The van der Waals surface area contributed by atoms with Crippen LogP contribution >= 0.6 is 11.8 Å². The van der Waals surface area contributed by atoms with E-state index in [4.69, 9.17) is 4.74 Å². The molecule has 3 heteroatoms. The highest BCUT2D eigenvalue weighted by molar-refractivity contribution is 8.04. The van der Waals surface area contributed by atoms with Crippen LogP contribution in [0.2, 0.25) is 0 Å². The van der Waals surface area contributed by atoms with Crippen molar-refractivity contribution in [1.29, 1.82) is 0 Å². The average molecular weight is 237 g/mol. The Labute approximate surface area is 102 Å². The number of allylic oxidation sites excluding steroid dienone is 3. The molecule has 0 bridgehead atoms. The maximum absolute atomic E-state index is 5.09. The second-order valence-electron chi connectivity index (χ2n) is 4.71. The van der Waals surface area contributed by atoms with Crippen LogP contribution in [-0.2, 0) is 4.74 Å². The maximum atomic E-state index is 5.09. The van der Waals surface area contributed by atoms with Crippen molar-refractivity contribution in [1.82, 2.24) is 0 Å². The van der Waals surface area contributed by atoms with E-state index in [1.165, 1.54) is 0 Å². The molecular weight excluding hydrogens is 218 g/mol. The number of hydrogen-bond acceptors (Lipinski definition) is 3. The summed E-state index contributed by atoms with van der Waals surface area (Å²) in [6.45, 7) is 14.6. The molecule has 1 rings (SSSR count). The molecule has 0 aromatic carbocycles. The van der Waals surface area contributed by atoms with Gasteiger partial charge in [0.05, 0.1) is 12.7 Å². The highest BCUT2D eigenvalue weighted by atomic mass is 32.2. The smallest absolute Gasteiger partial charge is 0.222 e. The summed E-state index contributed by atoms with van der Waals surface area (Å²) in [4.78, 5) is 5.13. The van der Waals surface area contributed by atoms with E-state index in [-0.39, 0.29) is 4.75 Å². The average Bonchev–Trinajstić information content (AvgIpc) is 1.97. The molecule has 0 spiro atoms. The van der Waals surface area contributed by atoms with Gasteiger partial charge in [0, 0.05) is 17.4 Å². The van der Waals surface area contributed by atoms with E-state index < -0.39 is 0 Å². The quantitative estimate of drug-likeness (QED) is 0.723. The van der Waals surface area contributed by atoms with Crippen LogP contribution < -0.4 is 0 Å². The SMILES string of the molecule is C=C(CC(=C)C1=C(OC)N=C1)SC(C)(C)C. The van der Waals surface area contributed by atoms with E-state index >= 15 is 0 Å². The van der Waals surface area contributed by atoms with Gasteiger partial charge in [0.15, 0.2) is 0 Å². The summed E-state index contributed by atoms with van der Waals surface area (Å²) in [6, 6.07) is 0. The molecule has 0 radical (unpaired) electrons. The van der Waals surface area contributed by atoms with Gasteiger partial charge in [-0.05, 0) is 10.5 Å². The van der Waals surface area contributed by atoms with Crippen molar-refractivity contribution in [3.05, 3.63) is 35.1 Å². The molecule has 0 aromatic rings. The normalized spacial score (nSPS) is 14.8. The van der Waals surface area contributed by atoms with Crippen molar-refractivity contribution in [2.24, 2.45) is 4.99 Å². The molecule has 0 unspecified atom stereocenters. The van der Waals surface area contributed by atoms with E-state index in [1.54, 1.807) is 25.1 Å². The molecule has 16 heavy (non-hydrogen) atoms. The molecule has 0 fully saturated rings. The van der Waals surface area contributed by atoms with Gasteiger partial charge in [0.2, 0.25) is 5.88 Å². The van der Waals surface area contributed by atoms with Gasteiger partial charge in [0.1, 0.15) is 0 Å². The molecule has 0 N–H and O–H groups in total. The lowest BCUT2D eigenvalue weighted by Gasteiger charge is -2.21. The molecule has 1 aliphatic rings. The van der Waals surface area contributed by atoms with Crippen molar-refractivity contribution < 1.29 is 4.74 Å². The van der Waals surface area contributed by atoms with Gasteiger partial charge in [-0.1, -0.05) is 33.9 Å². The minimum atomic E-state index is 0.198. The Balaban J connectivity index is 2.50. The zero-order valence-corrected chi connectivity index (χ0v) is 11.3. The van der Waals surface area contributed by atoms with Crippen molar-refractivity contribution in [3.63, 3.8) is 0 Å². The molecule has 88 valence electrons. The minimum absolute atomic E-state index is 0.198. The predicted octanol–water partition coefficient (Wildman–Crippen LogP) is 3.92. The number of hydrogen-bond donors (Lipinski definition) is 0. The molecule has 0 saturated heterocycles. The molecule has 1 heterocycles. The lowest BCUT2D eigenvalue weighted by molar-refractivity contribution is 0.282. The van der Waals surface area contributed by atoms with Gasteiger partial charge in [-0.15, -0.1) is 11.8 Å². The van der Waals surface area contributed by atoms with Gasteiger partial charge in [-0.3, -0.25) is 0 Å². The lowest BCUT2D eigenvalue weighted by atomic mass is 10.0. The maximum Gasteiger partial charge on any atom is 0.222 e. The van der Waals surface area contributed by atoms with Crippen LogP contribution in [0.25, 0.3) is 0 Å². The lowest BCUT2D eigenvalue weighted by Crippen LogP contribution is -2.09. The Morgan fingerprint density at radius 1 is 1.44 bits per heavy atom. The first kappa shape index (κ1) is 13.1. The molecule has 0 amide bonds. The summed E-state index contributed by atoms with van der Waals surface area (Å²) in [5.41, 5.74) is 2.03. The van der Waals surface area contributed by atoms with Crippen LogP contribution in [0.1, 0.15) is 27.2 Å². The summed E-state index contributed by atoms with van der Waals surface area (Å²) < 4.78 is 5.28. The van der Waals surface area contributed by atoms with E-state index in [1.807, 2.05) is 0 Å². The fourth-order valence-electron chi connectivity index (χ4n) is 1.39. The highest BCUT2D eigenvalue weighted by Gasteiger charge is 2.18. The van der Waals surface area contributed by atoms with Crippen LogP contribution in [-0.4, -0.2) is 18.1 Å². The standard InChI is InChI=1S/C13H19NOS/c1-9(11-8-14-12(11)15-6)7-10(2)16-13(3,4)5/h8H,1-2,7H2,3-6H3. The first-order valence-corrected chi connectivity index (χ1v) is 6.02. The zero-order chi connectivity index (χ0) is 12.3. The van der Waals surface area contributed by atoms with Crippen molar-refractivity contribution in [3.8, 4) is 0 Å². The third-order valence-electron chi connectivity index (χ3n) is 1.98. The summed E-state index contributed by atoms with van der Waals surface area (Å²) >= 11 is 1.78. The highest BCUT2D eigenvalue weighted by Crippen LogP contribution is 2.35. The minimum Gasteiger partial charge on any atom is -0.481 e. The van der Waals surface area contributed by atoms with Gasteiger partial charge >= 0.3 is 0 Å². The molecule has 2 nitrogen and oxygen atoms in total. The van der Waals surface area contributed by atoms with Crippen LogP contribution in [0, 0.1) is 0 Å². The summed E-state index contributed by atoms with van der Waals surface area (Å²) in [5.74, 6) is 0.679. The second-order valence-corrected chi connectivity index (χ2v) is 6.72. The zero-order valence-electron chi connectivity index (χ0n) is 10.5. The monoisotopic (exact) mass is 237 g/mol. The Morgan fingerprint density at radius 2 is 2.06 bits per heavy atom. The van der Waals surface area contributed by atoms with Crippen LogP contribution in [0.4, 0.5) is 0 Å². The van der Waals surface area contributed by atoms with Crippen LogP contribution in [0.15, 0.2) is 40.1 Å². The fourth-order valence-corrected chi connectivity index (χ4v) is 2.50. The van der Waals surface area contributed by atoms with E-state index in [0.717, 1.165) is 22.5 Å². The molecule has 0 saturated carbocycles. The largest absolute Gasteiger partial charge is 0.481 e. The molecule has 0 atom stereocenters. The Morgan fingerprint density at radius 3 is 2.44 bits per heavy atom. The first-order chi connectivity index (χ1) is 7.33. The molecule has 0 aliphatic carbocycles. The number of methoxy groups -OCH3 is 1. The number of ether oxygens (including phenoxy) is 1. The van der Waals surface area contributed by atoms with Gasteiger partial charge in [0.25, 0.3) is 0 Å². The van der Waals surface area contributed by atoms with Crippen molar-refractivity contribution >= 4 is 18.0 Å². The molecule has 1 aliphatic heterocycles. The number of thioether (sulfide) groups is 1. The topological polar surface area (TPSA) is 21.6 Å².